The van der Waals surface area contributed by atoms with Gasteiger partial charge >= 0.3 is 0 Å². The SMILES string of the molecule is CCNC(=O)[C@@H](CC)N(Cc1c(Cl)cccc1Cl)C(=O)CN(c1cc(OC)ccc1OC)S(=O)(=O)c1ccccc1. The molecule has 0 bridgehead atoms. The molecule has 1 atom stereocenters. The number of anilines is 1. The topological polar surface area (TPSA) is 105 Å². The van der Waals surface area contributed by atoms with E-state index in [1.54, 1.807) is 62.4 Å². The van der Waals surface area contributed by atoms with E-state index < -0.39 is 28.5 Å². The van der Waals surface area contributed by atoms with Crippen LogP contribution >= 0.6 is 23.2 Å². The first-order valence-corrected chi connectivity index (χ1v) is 15.1. The summed E-state index contributed by atoms with van der Waals surface area (Å²) in [5.41, 5.74) is 0.522. The highest BCUT2D eigenvalue weighted by molar-refractivity contribution is 7.92. The number of halogens is 2. The summed E-state index contributed by atoms with van der Waals surface area (Å²) in [6, 6.07) is 16.4. The monoisotopic (exact) mass is 621 g/mol. The number of nitrogens with zero attached hydrogens (tertiary/aromatic N) is 2. The number of amides is 2. The number of carbonyl (C=O) groups excluding carboxylic acids is 2. The van der Waals surface area contributed by atoms with Crippen LogP contribution < -0.4 is 19.1 Å². The van der Waals surface area contributed by atoms with E-state index >= 15 is 0 Å². The summed E-state index contributed by atoms with van der Waals surface area (Å²) in [7, 11) is -1.45. The largest absolute Gasteiger partial charge is 0.497 e. The fourth-order valence-corrected chi connectivity index (χ4v) is 6.24. The van der Waals surface area contributed by atoms with Crippen molar-refractivity contribution in [3.8, 4) is 11.5 Å². The Bertz CT molecular complexity index is 1450. The van der Waals surface area contributed by atoms with Gasteiger partial charge in [-0.2, -0.15) is 0 Å². The number of carbonyl (C=O) groups is 2. The van der Waals surface area contributed by atoms with Gasteiger partial charge in [-0.1, -0.05) is 54.4 Å². The summed E-state index contributed by atoms with van der Waals surface area (Å²) in [6.45, 7) is 3.10. The molecular formula is C29H33Cl2N3O6S. The molecule has 41 heavy (non-hydrogen) atoms. The van der Waals surface area contributed by atoms with E-state index in [0.717, 1.165) is 4.31 Å². The smallest absolute Gasteiger partial charge is 0.264 e. The molecule has 0 heterocycles. The Balaban J connectivity index is 2.18. The fourth-order valence-electron chi connectivity index (χ4n) is 4.29. The number of methoxy groups -OCH3 is 2. The highest BCUT2D eigenvalue weighted by atomic mass is 35.5. The van der Waals surface area contributed by atoms with Crippen LogP contribution in [0.3, 0.4) is 0 Å². The molecule has 3 aromatic rings. The summed E-state index contributed by atoms with van der Waals surface area (Å²) in [5, 5.41) is 3.37. The molecule has 220 valence electrons. The van der Waals surface area contributed by atoms with Gasteiger partial charge in [0, 0.05) is 34.8 Å². The number of likely N-dealkylation sites (N-methyl/N-ethyl adjacent to an activating group) is 1. The van der Waals surface area contributed by atoms with Gasteiger partial charge in [0.2, 0.25) is 11.8 Å². The van der Waals surface area contributed by atoms with Crippen molar-refractivity contribution in [2.45, 2.75) is 37.8 Å². The molecule has 0 aromatic heterocycles. The molecule has 0 unspecified atom stereocenters. The van der Waals surface area contributed by atoms with Crippen LogP contribution in [0.2, 0.25) is 10.0 Å². The van der Waals surface area contributed by atoms with Gasteiger partial charge in [0.1, 0.15) is 24.1 Å². The average molecular weight is 623 g/mol. The molecule has 0 spiro atoms. The molecule has 0 saturated carbocycles. The molecule has 0 fully saturated rings. The lowest BCUT2D eigenvalue weighted by atomic mass is 10.1. The number of hydrogen-bond acceptors (Lipinski definition) is 6. The molecule has 1 N–H and O–H groups in total. The zero-order chi connectivity index (χ0) is 30.2. The van der Waals surface area contributed by atoms with Gasteiger partial charge in [-0.05, 0) is 49.7 Å². The van der Waals surface area contributed by atoms with Gasteiger partial charge in [-0.3, -0.25) is 13.9 Å². The Morgan fingerprint density at radius 2 is 1.59 bits per heavy atom. The Morgan fingerprint density at radius 1 is 0.927 bits per heavy atom. The molecule has 0 radical (unpaired) electrons. The second kappa shape index (κ2) is 14.4. The van der Waals surface area contributed by atoms with Crippen LogP contribution in [-0.4, -0.2) is 58.5 Å². The first kappa shape index (κ1) is 32.0. The number of nitrogens with one attached hydrogen (secondary N) is 1. The van der Waals surface area contributed by atoms with E-state index in [-0.39, 0.29) is 35.2 Å². The predicted molar refractivity (Wildman–Crippen MR) is 160 cm³/mol. The second-order valence-corrected chi connectivity index (χ2v) is 11.6. The maximum Gasteiger partial charge on any atom is 0.264 e. The van der Waals surface area contributed by atoms with Gasteiger partial charge < -0.3 is 19.7 Å². The lowest BCUT2D eigenvalue weighted by Crippen LogP contribution is -2.52. The minimum Gasteiger partial charge on any atom is -0.497 e. The van der Waals surface area contributed by atoms with Gasteiger partial charge in [0.05, 0.1) is 24.8 Å². The fraction of sp³-hybridized carbons (Fsp3) is 0.310. The van der Waals surface area contributed by atoms with Crippen LogP contribution in [0.5, 0.6) is 11.5 Å². The number of benzene rings is 3. The predicted octanol–water partition coefficient (Wildman–Crippen LogP) is 5.15. The van der Waals surface area contributed by atoms with Crippen molar-refractivity contribution >= 4 is 50.7 Å². The highest BCUT2D eigenvalue weighted by Crippen LogP contribution is 2.36. The van der Waals surface area contributed by atoms with Crippen molar-refractivity contribution in [1.29, 1.82) is 0 Å². The van der Waals surface area contributed by atoms with Crippen LogP contribution in [0, 0.1) is 0 Å². The van der Waals surface area contributed by atoms with Crippen LogP contribution in [0.15, 0.2) is 71.6 Å². The van der Waals surface area contributed by atoms with Crippen molar-refractivity contribution in [1.82, 2.24) is 10.2 Å². The number of ether oxygens (including phenoxy) is 2. The van der Waals surface area contributed by atoms with Gasteiger partial charge in [-0.25, -0.2) is 8.42 Å². The van der Waals surface area contributed by atoms with Crippen molar-refractivity contribution in [3.63, 3.8) is 0 Å². The first-order valence-electron chi connectivity index (χ1n) is 12.9. The maximum atomic E-state index is 14.2. The number of sulfonamides is 1. The minimum absolute atomic E-state index is 0.0332. The summed E-state index contributed by atoms with van der Waals surface area (Å²) in [6.07, 6.45) is 0.258. The van der Waals surface area contributed by atoms with E-state index in [2.05, 4.69) is 5.32 Å². The third-order valence-corrected chi connectivity index (χ3v) is 8.87. The molecule has 3 aromatic carbocycles. The normalized spacial score (nSPS) is 11.9. The van der Waals surface area contributed by atoms with Gasteiger partial charge in [-0.15, -0.1) is 0 Å². The zero-order valence-corrected chi connectivity index (χ0v) is 25.6. The molecule has 12 heteroatoms. The molecule has 0 aliphatic rings. The molecule has 0 aliphatic carbocycles. The highest BCUT2D eigenvalue weighted by Gasteiger charge is 2.35. The van der Waals surface area contributed by atoms with Crippen LogP contribution in [0.25, 0.3) is 0 Å². The van der Waals surface area contributed by atoms with Crippen molar-refractivity contribution in [3.05, 3.63) is 82.3 Å². The Hall–Kier alpha value is -3.47. The quantitative estimate of drug-likeness (QED) is 0.283. The number of rotatable bonds is 13. The Kier molecular flexibility index (Phi) is 11.3. The molecule has 2 amide bonds. The van der Waals surface area contributed by atoms with Crippen LogP contribution in [-0.2, 0) is 26.2 Å². The summed E-state index contributed by atoms with van der Waals surface area (Å²) < 4.78 is 39.9. The van der Waals surface area contributed by atoms with Gasteiger partial charge in [0.15, 0.2) is 0 Å². The molecule has 3 rings (SSSR count). The molecule has 9 nitrogen and oxygen atoms in total. The van der Waals surface area contributed by atoms with E-state index in [4.69, 9.17) is 32.7 Å². The van der Waals surface area contributed by atoms with Crippen molar-refractivity contribution in [2.75, 3.05) is 31.6 Å². The van der Waals surface area contributed by atoms with Crippen molar-refractivity contribution in [2.24, 2.45) is 0 Å². The second-order valence-electron chi connectivity index (χ2n) is 8.90. The lowest BCUT2D eigenvalue weighted by Gasteiger charge is -2.33. The standard InChI is InChI=1S/C29H33Cl2N3O6S/c1-5-25(29(36)32-6-2)33(18-22-23(30)13-10-14-24(22)31)28(35)19-34(41(37,38)21-11-8-7-9-12-21)26-17-20(39-3)15-16-27(26)40-4/h7-17,25H,5-6,18-19H2,1-4H3,(H,32,36)/t25-/m1/s1. The maximum absolute atomic E-state index is 14.2. The van der Waals surface area contributed by atoms with Crippen LogP contribution in [0.4, 0.5) is 5.69 Å². The summed E-state index contributed by atoms with van der Waals surface area (Å²) in [4.78, 5) is 28.5. The Labute approximate surface area is 251 Å². The molecule has 0 saturated heterocycles. The van der Waals surface area contributed by atoms with Gasteiger partial charge in [0.25, 0.3) is 10.0 Å². The van der Waals surface area contributed by atoms with Crippen LogP contribution in [0.1, 0.15) is 25.8 Å². The average Bonchev–Trinajstić information content (AvgIpc) is 2.97. The summed E-state index contributed by atoms with van der Waals surface area (Å²) >= 11 is 12.9. The number of hydrogen-bond donors (Lipinski definition) is 1. The zero-order valence-electron chi connectivity index (χ0n) is 23.3. The minimum atomic E-state index is -4.29. The van der Waals surface area contributed by atoms with E-state index in [1.165, 1.54) is 37.3 Å². The first-order chi connectivity index (χ1) is 19.6. The van der Waals surface area contributed by atoms with E-state index in [9.17, 15) is 18.0 Å². The molecule has 0 aliphatic heterocycles. The Morgan fingerprint density at radius 3 is 2.15 bits per heavy atom. The lowest BCUT2D eigenvalue weighted by molar-refractivity contribution is -0.140. The molecular weight excluding hydrogens is 589 g/mol. The van der Waals surface area contributed by atoms with E-state index in [0.29, 0.717) is 27.9 Å². The third-order valence-electron chi connectivity index (χ3n) is 6.39. The van der Waals surface area contributed by atoms with Crippen molar-refractivity contribution < 1.29 is 27.5 Å². The van der Waals surface area contributed by atoms with E-state index in [1.807, 2.05) is 0 Å². The third kappa shape index (κ3) is 7.44. The summed E-state index contributed by atoms with van der Waals surface area (Å²) in [5.74, 6) is -0.476.